The lowest BCUT2D eigenvalue weighted by atomic mass is 9.79. The van der Waals surface area contributed by atoms with Crippen LogP contribution in [-0.4, -0.2) is 60.9 Å². The summed E-state index contributed by atoms with van der Waals surface area (Å²) in [5, 5.41) is 0. The molecule has 5 heteroatoms. The molecule has 1 aromatic rings. The topological polar surface area (TPSA) is 43.9 Å². The minimum atomic E-state index is -0.221. The molecule has 2 heterocycles. The van der Waals surface area contributed by atoms with Crippen LogP contribution in [0.1, 0.15) is 42.5 Å². The normalized spacial score (nSPS) is 23.2. The van der Waals surface area contributed by atoms with Gasteiger partial charge in [0, 0.05) is 51.4 Å². The van der Waals surface area contributed by atoms with Gasteiger partial charge in [0.2, 0.25) is 5.91 Å². The monoisotopic (exact) mass is 355 g/mol. The Labute approximate surface area is 156 Å². The van der Waals surface area contributed by atoms with Gasteiger partial charge < -0.3 is 14.7 Å². The van der Waals surface area contributed by atoms with E-state index in [2.05, 4.69) is 6.58 Å². The molecule has 26 heavy (non-hydrogen) atoms. The first-order valence-electron chi connectivity index (χ1n) is 9.45. The maximum absolute atomic E-state index is 13.0. The van der Waals surface area contributed by atoms with Crippen molar-refractivity contribution in [1.82, 2.24) is 9.80 Å². The van der Waals surface area contributed by atoms with Crippen LogP contribution in [0.4, 0.5) is 5.69 Å². The lowest BCUT2D eigenvalue weighted by molar-refractivity contribution is -0.143. The molecule has 1 atom stereocenters. The molecular formula is C21H29N3O2. The van der Waals surface area contributed by atoms with E-state index in [1.54, 1.807) is 6.08 Å². The highest BCUT2D eigenvalue weighted by atomic mass is 16.2. The number of rotatable bonds is 4. The first kappa shape index (κ1) is 18.5. The van der Waals surface area contributed by atoms with E-state index in [1.165, 1.54) is 0 Å². The van der Waals surface area contributed by atoms with Crippen LogP contribution in [0, 0.1) is 0 Å². The molecule has 2 amide bonds. The highest BCUT2D eigenvalue weighted by molar-refractivity contribution is 5.94. The fourth-order valence-electron chi connectivity index (χ4n) is 4.32. The van der Waals surface area contributed by atoms with Crippen LogP contribution in [0.2, 0.25) is 0 Å². The third-order valence-corrected chi connectivity index (χ3v) is 5.69. The molecule has 1 spiro atoms. The van der Waals surface area contributed by atoms with Gasteiger partial charge in [-0.3, -0.25) is 9.59 Å². The molecular weight excluding hydrogens is 326 g/mol. The van der Waals surface area contributed by atoms with Crippen LogP contribution in [0.3, 0.4) is 0 Å². The van der Waals surface area contributed by atoms with Crippen LogP contribution >= 0.6 is 0 Å². The molecule has 1 aromatic carbocycles. The Bertz CT molecular complexity index is 679. The van der Waals surface area contributed by atoms with Gasteiger partial charge in [-0.25, -0.2) is 0 Å². The van der Waals surface area contributed by atoms with E-state index >= 15 is 0 Å². The Morgan fingerprint density at radius 2 is 1.92 bits per heavy atom. The SMILES string of the molecule is C=CCN1C(=O)CCCC12CCCN(C(=O)c1ccc(N(C)C)cc1)C2. The zero-order chi connectivity index (χ0) is 18.7. The molecule has 3 rings (SSSR count). The van der Waals surface area contributed by atoms with E-state index < -0.39 is 0 Å². The van der Waals surface area contributed by atoms with Crippen molar-refractivity contribution in [3.05, 3.63) is 42.5 Å². The van der Waals surface area contributed by atoms with Gasteiger partial charge in [0.15, 0.2) is 0 Å². The summed E-state index contributed by atoms with van der Waals surface area (Å²) < 4.78 is 0. The summed E-state index contributed by atoms with van der Waals surface area (Å²) in [7, 11) is 3.97. The summed E-state index contributed by atoms with van der Waals surface area (Å²) in [6.07, 6.45) is 6.18. The molecule has 1 unspecified atom stereocenters. The Morgan fingerprint density at radius 3 is 2.58 bits per heavy atom. The highest BCUT2D eigenvalue weighted by Crippen LogP contribution is 2.37. The smallest absolute Gasteiger partial charge is 0.253 e. The van der Waals surface area contributed by atoms with Crippen molar-refractivity contribution in [1.29, 1.82) is 0 Å². The molecule has 2 aliphatic rings. The summed E-state index contributed by atoms with van der Waals surface area (Å²) in [4.78, 5) is 31.4. The van der Waals surface area contributed by atoms with Gasteiger partial charge in [0.1, 0.15) is 0 Å². The van der Waals surface area contributed by atoms with E-state index in [0.29, 0.717) is 25.1 Å². The molecule has 0 aromatic heterocycles. The van der Waals surface area contributed by atoms with Gasteiger partial charge in [-0.1, -0.05) is 6.08 Å². The van der Waals surface area contributed by atoms with Gasteiger partial charge in [0.25, 0.3) is 5.91 Å². The Kier molecular flexibility index (Phi) is 5.35. The van der Waals surface area contributed by atoms with E-state index in [0.717, 1.165) is 37.9 Å². The largest absolute Gasteiger partial charge is 0.378 e. The summed E-state index contributed by atoms with van der Waals surface area (Å²) >= 11 is 0. The number of hydrogen-bond donors (Lipinski definition) is 0. The van der Waals surface area contributed by atoms with Crippen LogP contribution in [0.5, 0.6) is 0 Å². The van der Waals surface area contributed by atoms with Gasteiger partial charge >= 0.3 is 0 Å². The average molecular weight is 355 g/mol. The van der Waals surface area contributed by atoms with Crippen molar-refractivity contribution < 1.29 is 9.59 Å². The molecule has 0 radical (unpaired) electrons. The lowest BCUT2D eigenvalue weighted by Gasteiger charge is -2.52. The number of carbonyl (C=O) groups excluding carboxylic acids is 2. The second kappa shape index (κ2) is 7.52. The Morgan fingerprint density at radius 1 is 1.23 bits per heavy atom. The first-order chi connectivity index (χ1) is 12.5. The first-order valence-corrected chi connectivity index (χ1v) is 9.45. The van der Waals surface area contributed by atoms with Crippen molar-refractivity contribution in [3.8, 4) is 0 Å². The zero-order valence-electron chi connectivity index (χ0n) is 15.9. The molecule has 2 saturated heterocycles. The number of anilines is 1. The van der Waals surface area contributed by atoms with E-state index in [4.69, 9.17) is 0 Å². The van der Waals surface area contributed by atoms with Crippen LogP contribution in [0.25, 0.3) is 0 Å². The molecule has 0 N–H and O–H groups in total. The van der Waals surface area contributed by atoms with Crippen molar-refractivity contribution in [2.45, 2.75) is 37.6 Å². The summed E-state index contributed by atoms with van der Waals surface area (Å²) in [6, 6.07) is 7.74. The number of amides is 2. The number of hydrogen-bond acceptors (Lipinski definition) is 3. The van der Waals surface area contributed by atoms with E-state index in [9.17, 15) is 9.59 Å². The van der Waals surface area contributed by atoms with E-state index in [1.807, 2.05) is 53.1 Å². The number of nitrogens with zero attached hydrogens (tertiary/aromatic N) is 3. The van der Waals surface area contributed by atoms with Crippen molar-refractivity contribution >= 4 is 17.5 Å². The van der Waals surface area contributed by atoms with Crippen molar-refractivity contribution in [2.75, 3.05) is 38.6 Å². The molecule has 0 saturated carbocycles. The third-order valence-electron chi connectivity index (χ3n) is 5.69. The lowest BCUT2D eigenvalue weighted by Crippen LogP contribution is -2.63. The van der Waals surface area contributed by atoms with E-state index in [-0.39, 0.29) is 17.4 Å². The maximum Gasteiger partial charge on any atom is 0.253 e. The predicted octanol–water partition coefficient (Wildman–Crippen LogP) is 2.93. The number of carbonyl (C=O) groups is 2. The molecule has 5 nitrogen and oxygen atoms in total. The fraction of sp³-hybridized carbons (Fsp3) is 0.524. The standard InChI is InChI=1S/C21H29N3O2/c1-4-14-24-19(25)7-5-12-21(24)13-6-15-23(16-21)20(26)17-8-10-18(11-9-17)22(2)3/h4,8-11H,1,5-7,12-16H2,2-3H3. The Balaban J connectivity index is 1.79. The quantitative estimate of drug-likeness (QED) is 0.780. The molecule has 0 aliphatic carbocycles. The highest BCUT2D eigenvalue weighted by Gasteiger charge is 2.45. The minimum Gasteiger partial charge on any atom is -0.378 e. The van der Waals surface area contributed by atoms with Gasteiger partial charge in [-0.2, -0.15) is 0 Å². The van der Waals surface area contributed by atoms with Crippen LogP contribution < -0.4 is 4.90 Å². The maximum atomic E-state index is 13.0. The predicted molar refractivity (Wildman–Crippen MR) is 104 cm³/mol. The number of piperidine rings is 2. The van der Waals surface area contributed by atoms with Crippen molar-refractivity contribution in [3.63, 3.8) is 0 Å². The summed E-state index contributed by atoms with van der Waals surface area (Å²) in [6.45, 7) is 5.76. The van der Waals surface area contributed by atoms with Crippen LogP contribution in [-0.2, 0) is 4.79 Å². The minimum absolute atomic E-state index is 0.0611. The van der Waals surface area contributed by atoms with Gasteiger partial charge in [-0.05, 0) is 49.9 Å². The average Bonchev–Trinajstić information content (AvgIpc) is 2.64. The summed E-state index contributed by atoms with van der Waals surface area (Å²) in [5.74, 6) is 0.256. The fourth-order valence-corrected chi connectivity index (χ4v) is 4.32. The van der Waals surface area contributed by atoms with Gasteiger partial charge in [0.05, 0.1) is 5.54 Å². The second-order valence-corrected chi connectivity index (χ2v) is 7.64. The summed E-state index contributed by atoms with van der Waals surface area (Å²) in [5.41, 5.74) is 1.57. The molecule has 0 bridgehead atoms. The van der Waals surface area contributed by atoms with Gasteiger partial charge in [-0.15, -0.1) is 6.58 Å². The zero-order valence-corrected chi connectivity index (χ0v) is 15.9. The van der Waals surface area contributed by atoms with Crippen molar-refractivity contribution in [2.24, 2.45) is 0 Å². The third kappa shape index (κ3) is 3.48. The number of benzene rings is 1. The Hall–Kier alpha value is -2.30. The molecule has 140 valence electrons. The molecule has 2 aliphatic heterocycles. The molecule has 2 fully saturated rings. The van der Waals surface area contributed by atoms with Crippen LogP contribution in [0.15, 0.2) is 36.9 Å². The number of likely N-dealkylation sites (tertiary alicyclic amines) is 2. The second-order valence-electron chi connectivity index (χ2n) is 7.64.